The Morgan fingerprint density at radius 2 is 1.81 bits per heavy atom. The van der Waals surface area contributed by atoms with Crippen molar-refractivity contribution in [3.63, 3.8) is 0 Å². The van der Waals surface area contributed by atoms with Gasteiger partial charge in [0.1, 0.15) is 0 Å². The lowest BCUT2D eigenvalue weighted by Crippen LogP contribution is -2.18. The third-order valence-electron chi connectivity index (χ3n) is 3.85. The van der Waals surface area contributed by atoms with E-state index in [-0.39, 0.29) is 6.04 Å². The Balaban J connectivity index is 2.21. The van der Waals surface area contributed by atoms with Crippen LogP contribution in [0.2, 0.25) is 0 Å². The molecule has 3 heteroatoms. The highest BCUT2D eigenvalue weighted by Crippen LogP contribution is 2.33. The van der Waals surface area contributed by atoms with E-state index < -0.39 is 0 Å². The van der Waals surface area contributed by atoms with Crippen molar-refractivity contribution in [2.75, 3.05) is 7.05 Å². The number of hydrogen-bond acceptors (Lipinski definition) is 2. The smallest absolute Gasteiger partial charge is 0.0592 e. The Bertz CT molecular complexity index is 778. The predicted molar refractivity (Wildman–Crippen MR) is 91.5 cm³/mol. The molecule has 0 saturated carbocycles. The van der Waals surface area contributed by atoms with E-state index >= 15 is 0 Å². The standard InChI is InChI=1S/C18H17BrN2/c1-12-5-3-8-15(17(12)19)18(20-2)14-7-4-6-13-9-10-21-11-16(13)14/h3-11,18,20H,1-2H3. The summed E-state index contributed by atoms with van der Waals surface area (Å²) in [4.78, 5) is 4.28. The second-order valence-corrected chi connectivity index (χ2v) is 5.94. The predicted octanol–water partition coefficient (Wildman–Crippen LogP) is 4.61. The Morgan fingerprint density at radius 1 is 1.05 bits per heavy atom. The van der Waals surface area contributed by atoms with E-state index in [2.05, 4.69) is 75.6 Å². The molecule has 1 N–H and O–H groups in total. The molecule has 2 nitrogen and oxygen atoms in total. The SMILES string of the molecule is CNC(c1cccc(C)c1Br)c1cccc2ccncc12. The molecule has 0 fully saturated rings. The van der Waals surface area contributed by atoms with Gasteiger partial charge in [0.2, 0.25) is 0 Å². The molecule has 0 aliphatic heterocycles. The van der Waals surface area contributed by atoms with E-state index in [0.29, 0.717) is 0 Å². The molecule has 0 spiro atoms. The molecule has 0 aliphatic carbocycles. The average molecular weight is 341 g/mol. The number of rotatable bonds is 3. The lowest BCUT2D eigenvalue weighted by molar-refractivity contribution is 0.693. The molecular weight excluding hydrogens is 324 g/mol. The van der Waals surface area contributed by atoms with Crippen molar-refractivity contribution in [2.24, 2.45) is 0 Å². The van der Waals surface area contributed by atoms with Gasteiger partial charge in [0.25, 0.3) is 0 Å². The molecule has 2 aromatic carbocycles. The molecule has 1 aromatic heterocycles. The number of halogens is 1. The average Bonchev–Trinajstić information content (AvgIpc) is 2.52. The first-order valence-corrected chi connectivity index (χ1v) is 7.76. The minimum Gasteiger partial charge on any atom is -0.309 e. The number of hydrogen-bond donors (Lipinski definition) is 1. The molecule has 3 rings (SSSR count). The van der Waals surface area contributed by atoms with Crippen molar-refractivity contribution in [1.29, 1.82) is 0 Å². The highest BCUT2D eigenvalue weighted by molar-refractivity contribution is 9.10. The Hall–Kier alpha value is -1.71. The minimum atomic E-state index is 0.132. The van der Waals surface area contributed by atoms with Crippen molar-refractivity contribution in [2.45, 2.75) is 13.0 Å². The van der Waals surface area contributed by atoms with Gasteiger partial charge < -0.3 is 5.32 Å². The summed E-state index contributed by atoms with van der Waals surface area (Å²) in [7, 11) is 1.99. The highest BCUT2D eigenvalue weighted by atomic mass is 79.9. The van der Waals surface area contributed by atoms with E-state index in [0.717, 1.165) is 4.47 Å². The van der Waals surface area contributed by atoms with Crippen molar-refractivity contribution in [1.82, 2.24) is 10.3 Å². The second kappa shape index (κ2) is 5.96. The minimum absolute atomic E-state index is 0.132. The van der Waals surface area contributed by atoms with Crippen LogP contribution in [0.5, 0.6) is 0 Å². The van der Waals surface area contributed by atoms with Crippen molar-refractivity contribution >= 4 is 26.7 Å². The summed E-state index contributed by atoms with van der Waals surface area (Å²) in [6.07, 6.45) is 3.78. The third-order valence-corrected chi connectivity index (χ3v) is 4.93. The second-order valence-electron chi connectivity index (χ2n) is 5.14. The number of nitrogens with one attached hydrogen (secondary N) is 1. The van der Waals surface area contributed by atoms with Gasteiger partial charge in [-0.2, -0.15) is 0 Å². The number of aromatic nitrogens is 1. The van der Waals surface area contributed by atoms with Gasteiger partial charge in [0.15, 0.2) is 0 Å². The zero-order valence-corrected chi connectivity index (χ0v) is 13.7. The van der Waals surface area contributed by atoms with Gasteiger partial charge in [0, 0.05) is 22.3 Å². The molecule has 0 radical (unpaired) electrons. The maximum absolute atomic E-state index is 4.28. The maximum atomic E-state index is 4.28. The van der Waals surface area contributed by atoms with Crippen LogP contribution in [-0.2, 0) is 0 Å². The van der Waals surface area contributed by atoms with Crippen molar-refractivity contribution in [3.05, 3.63) is 76.0 Å². The Kier molecular flexibility index (Phi) is 4.04. The van der Waals surface area contributed by atoms with Crippen LogP contribution in [0.15, 0.2) is 59.3 Å². The zero-order valence-electron chi connectivity index (χ0n) is 12.1. The lowest BCUT2D eigenvalue weighted by Gasteiger charge is -2.21. The number of benzene rings is 2. The Morgan fingerprint density at radius 3 is 2.62 bits per heavy atom. The molecule has 0 bridgehead atoms. The van der Waals surface area contributed by atoms with Crippen LogP contribution in [0.25, 0.3) is 10.8 Å². The molecule has 0 amide bonds. The number of pyridine rings is 1. The fourth-order valence-electron chi connectivity index (χ4n) is 2.76. The van der Waals surface area contributed by atoms with Crippen LogP contribution in [-0.4, -0.2) is 12.0 Å². The number of fused-ring (bicyclic) bond motifs is 1. The van der Waals surface area contributed by atoms with Gasteiger partial charge in [-0.15, -0.1) is 0 Å². The van der Waals surface area contributed by atoms with Gasteiger partial charge in [-0.1, -0.05) is 52.3 Å². The fraction of sp³-hybridized carbons (Fsp3) is 0.167. The van der Waals surface area contributed by atoms with Gasteiger partial charge in [-0.3, -0.25) is 4.98 Å². The van der Waals surface area contributed by atoms with Crippen LogP contribution in [0, 0.1) is 6.92 Å². The summed E-state index contributed by atoms with van der Waals surface area (Å²) in [6, 6.07) is 15.0. The van der Waals surface area contributed by atoms with Crippen LogP contribution in [0.4, 0.5) is 0 Å². The van der Waals surface area contributed by atoms with Crippen LogP contribution in [0.1, 0.15) is 22.7 Å². The largest absolute Gasteiger partial charge is 0.309 e. The summed E-state index contributed by atoms with van der Waals surface area (Å²) in [5.74, 6) is 0. The van der Waals surface area contributed by atoms with Crippen LogP contribution in [0.3, 0.4) is 0 Å². The first-order valence-electron chi connectivity index (χ1n) is 6.97. The van der Waals surface area contributed by atoms with Crippen molar-refractivity contribution in [3.8, 4) is 0 Å². The van der Waals surface area contributed by atoms with E-state index in [1.807, 2.05) is 19.4 Å². The van der Waals surface area contributed by atoms with Crippen molar-refractivity contribution < 1.29 is 0 Å². The van der Waals surface area contributed by atoms with E-state index in [1.54, 1.807) is 0 Å². The zero-order chi connectivity index (χ0) is 14.8. The summed E-state index contributed by atoms with van der Waals surface area (Å²) in [5.41, 5.74) is 3.73. The van der Waals surface area contributed by atoms with Gasteiger partial charge in [-0.25, -0.2) is 0 Å². The summed E-state index contributed by atoms with van der Waals surface area (Å²) < 4.78 is 1.16. The van der Waals surface area contributed by atoms with E-state index in [1.165, 1.54) is 27.5 Å². The first kappa shape index (κ1) is 14.2. The molecule has 0 saturated heterocycles. The molecule has 1 heterocycles. The molecule has 1 atom stereocenters. The van der Waals surface area contributed by atoms with Gasteiger partial charge >= 0.3 is 0 Å². The number of nitrogens with zero attached hydrogens (tertiary/aromatic N) is 1. The normalized spacial score (nSPS) is 12.5. The van der Waals surface area contributed by atoms with Gasteiger partial charge in [0.05, 0.1) is 6.04 Å². The van der Waals surface area contributed by atoms with Gasteiger partial charge in [-0.05, 0) is 42.1 Å². The molecule has 1 unspecified atom stereocenters. The molecule has 3 aromatic rings. The topological polar surface area (TPSA) is 24.9 Å². The molecular formula is C18H17BrN2. The molecule has 106 valence electrons. The molecule has 0 aliphatic rings. The quantitative estimate of drug-likeness (QED) is 0.752. The highest BCUT2D eigenvalue weighted by Gasteiger charge is 2.17. The van der Waals surface area contributed by atoms with Crippen LogP contribution >= 0.6 is 15.9 Å². The maximum Gasteiger partial charge on any atom is 0.0592 e. The summed E-state index contributed by atoms with van der Waals surface area (Å²) >= 11 is 3.73. The van der Waals surface area contributed by atoms with E-state index in [4.69, 9.17) is 0 Å². The Labute approximate surface area is 133 Å². The van der Waals surface area contributed by atoms with E-state index in [9.17, 15) is 0 Å². The fourth-order valence-corrected chi connectivity index (χ4v) is 3.25. The third kappa shape index (κ3) is 2.59. The first-order chi connectivity index (χ1) is 10.2. The lowest BCUT2D eigenvalue weighted by atomic mass is 9.94. The number of aryl methyl sites for hydroxylation is 1. The van der Waals surface area contributed by atoms with Crippen LogP contribution < -0.4 is 5.32 Å². The summed E-state index contributed by atoms with van der Waals surface area (Å²) in [5, 5.41) is 5.84. The monoisotopic (exact) mass is 340 g/mol. The summed E-state index contributed by atoms with van der Waals surface area (Å²) in [6.45, 7) is 2.12. The molecule has 21 heavy (non-hydrogen) atoms.